The molecule has 0 bridgehead atoms. The van der Waals surface area contributed by atoms with Gasteiger partial charge in [0.1, 0.15) is 0 Å². The Hall–Kier alpha value is -1.61. The molecule has 2 nitrogen and oxygen atoms in total. The van der Waals surface area contributed by atoms with Crippen LogP contribution >= 0.6 is 15.9 Å². The van der Waals surface area contributed by atoms with Gasteiger partial charge >= 0.3 is 0 Å². The van der Waals surface area contributed by atoms with Gasteiger partial charge in [-0.15, -0.1) is 0 Å². The highest BCUT2D eigenvalue weighted by molar-refractivity contribution is 9.10. The van der Waals surface area contributed by atoms with Crippen LogP contribution in [-0.4, -0.2) is 5.78 Å². The van der Waals surface area contributed by atoms with Crippen molar-refractivity contribution in [1.29, 1.82) is 0 Å². The number of anilines is 1. The van der Waals surface area contributed by atoms with Gasteiger partial charge in [0.25, 0.3) is 0 Å². The molecule has 0 saturated heterocycles. The standard InChI is InChI=1S/C13H8BrNO/c14-7-4-5-8-9-2-1-3-11(15)12(9)13(16)10(8)6-7/h1-6H,15H2. The fraction of sp³-hybridized carbons (Fsp3) is 0. The van der Waals surface area contributed by atoms with Gasteiger partial charge in [0.2, 0.25) is 0 Å². The topological polar surface area (TPSA) is 43.1 Å². The number of hydrogen-bond donors (Lipinski definition) is 1. The Morgan fingerprint density at radius 3 is 2.62 bits per heavy atom. The van der Waals surface area contributed by atoms with Crippen LogP contribution in [0.2, 0.25) is 0 Å². The Morgan fingerprint density at radius 1 is 1.00 bits per heavy atom. The van der Waals surface area contributed by atoms with Gasteiger partial charge in [-0.3, -0.25) is 4.79 Å². The van der Waals surface area contributed by atoms with E-state index in [-0.39, 0.29) is 5.78 Å². The Morgan fingerprint density at radius 2 is 1.81 bits per heavy atom. The number of hydrogen-bond acceptors (Lipinski definition) is 2. The van der Waals surface area contributed by atoms with Crippen molar-refractivity contribution in [1.82, 2.24) is 0 Å². The molecule has 16 heavy (non-hydrogen) atoms. The summed E-state index contributed by atoms with van der Waals surface area (Å²) < 4.78 is 0.908. The quantitative estimate of drug-likeness (QED) is 0.639. The first-order valence-corrected chi connectivity index (χ1v) is 5.71. The first-order chi connectivity index (χ1) is 7.68. The number of carbonyl (C=O) groups is 1. The molecule has 1 aliphatic rings. The molecule has 0 radical (unpaired) electrons. The Bertz CT molecular complexity index is 619. The van der Waals surface area contributed by atoms with Crippen LogP contribution in [-0.2, 0) is 0 Å². The fourth-order valence-electron chi connectivity index (χ4n) is 2.12. The van der Waals surface area contributed by atoms with Gasteiger partial charge < -0.3 is 5.73 Å². The van der Waals surface area contributed by atoms with Crippen molar-refractivity contribution in [3.63, 3.8) is 0 Å². The van der Waals surface area contributed by atoms with Crippen LogP contribution in [0.4, 0.5) is 5.69 Å². The predicted molar refractivity (Wildman–Crippen MR) is 67.4 cm³/mol. The minimum atomic E-state index is 0.0180. The molecule has 3 rings (SSSR count). The summed E-state index contributed by atoms with van der Waals surface area (Å²) in [6.07, 6.45) is 0. The molecule has 0 atom stereocenters. The van der Waals surface area contributed by atoms with Crippen molar-refractivity contribution in [2.75, 3.05) is 5.73 Å². The molecule has 0 saturated carbocycles. The van der Waals surface area contributed by atoms with Crippen molar-refractivity contribution in [2.45, 2.75) is 0 Å². The predicted octanol–water partition coefficient (Wildman–Crippen LogP) is 3.24. The minimum absolute atomic E-state index is 0.0180. The lowest BCUT2D eigenvalue weighted by atomic mass is 10.1. The number of ketones is 1. The third-order valence-corrected chi connectivity index (χ3v) is 3.33. The smallest absolute Gasteiger partial charge is 0.196 e. The average molecular weight is 274 g/mol. The maximum absolute atomic E-state index is 12.2. The zero-order valence-corrected chi connectivity index (χ0v) is 9.91. The highest BCUT2D eigenvalue weighted by Crippen LogP contribution is 2.40. The molecule has 0 spiro atoms. The molecule has 0 heterocycles. The van der Waals surface area contributed by atoms with Gasteiger partial charge in [-0.2, -0.15) is 0 Å². The number of rotatable bonds is 0. The van der Waals surface area contributed by atoms with Crippen LogP contribution in [0.1, 0.15) is 15.9 Å². The summed E-state index contributed by atoms with van der Waals surface area (Å²) in [4.78, 5) is 12.2. The van der Waals surface area contributed by atoms with E-state index >= 15 is 0 Å². The van der Waals surface area contributed by atoms with E-state index in [9.17, 15) is 4.79 Å². The number of benzene rings is 2. The van der Waals surface area contributed by atoms with Gasteiger partial charge in [0, 0.05) is 15.7 Å². The van der Waals surface area contributed by atoms with Crippen LogP contribution in [0.5, 0.6) is 0 Å². The Labute approximate surface area is 101 Å². The van der Waals surface area contributed by atoms with E-state index in [0.717, 1.165) is 21.2 Å². The summed E-state index contributed by atoms with van der Waals surface area (Å²) in [6, 6.07) is 11.3. The third-order valence-electron chi connectivity index (χ3n) is 2.84. The molecule has 0 aromatic heterocycles. The molecule has 1 aliphatic carbocycles. The molecule has 3 heteroatoms. The van der Waals surface area contributed by atoms with Crippen LogP contribution in [0.25, 0.3) is 11.1 Å². The van der Waals surface area contributed by atoms with Gasteiger partial charge in [-0.25, -0.2) is 0 Å². The van der Waals surface area contributed by atoms with Crippen molar-refractivity contribution in [2.24, 2.45) is 0 Å². The van der Waals surface area contributed by atoms with Crippen LogP contribution in [0.3, 0.4) is 0 Å². The summed E-state index contributed by atoms with van der Waals surface area (Å²) in [5, 5.41) is 0. The van der Waals surface area contributed by atoms with Crippen molar-refractivity contribution < 1.29 is 4.79 Å². The fourth-order valence-corrected chi connectivity index (χ4v) is 2.48. The molecule has 0 amide bonds. The monoisotopic (exact) mass is 273 g/mol. The molecule has 78 valence electrons. The SMILES string of the molecule is Nc1cccc2c1C(=O)c1cc(Br)ccc1-2. The van der Waals surface area contributed by atoms with Gasteiger partial charge in [-0.05, 0) is 29.3 Å². The average Bonchev–Trinajstić information content (AvgIpc) is 2.54. The Balaban J connectivity index is 2.39. The number of halogens is 1. The summed E-state index contributed by atoms with van der Waals surface area (Å²) in [5.74, 6) is 0.0180. The second kappa shape index (κ2) is 3.19. The minimum Gasteiger partial charge on any atom is -0.398 e. The number of carbonyl (C=O) groups excluding carboxylic acids is 1. The molecule has 2 aromatic carbocycles. The maximum atomic E-state index is 12.2. The summed E-state index contributed by atoms with van der Waals surface area (Å²) >= 11 is 3.37. The van der Waals surface area contributed by atoms with Crippen molar-refractivity contribution >= 4 is 27.4 Å². The molecule has 2 N–H and O–H groups in total. The van der Waals surface area contributed by atoms with E-state index < -0.39 is 0 Å². The summed E-state index contributed by atoms with van der Waals surface area (Å²) in [7, 11) is 0. The molecule has 0 aliphatic heterocycles. The largest absolute Gasteiger partial charge is 0.398 e. The highest BCUT2D eigenvalue weighted by Gasteiger charge is 2.28. The first-order valence-electron chi connectivity index (χ1n) is 4.91. The zero-order chi connectivity index (χ0) is 11.3. The van der Waals surface area contributed by atoms with Crippen molar-refractivity contribution in [3.05, 3.63) is 52.0 Å². The number of nitrogen functional groups attached to an aromatic ring is 1. The normalized spacial score (nSPS) is 12.4. The van der Waals surface area contributed by atoms with Gasteiger partial charge in [0.05, 0.1) is 5.56 Å². The maximum Gasteiger partial charge on any atom is 0.196 e. The lowest BCUT2D eigenvalue weighted by Crippen LogP contribution is -2.00. The van der Waals surface area contributed by atoms with Crippen LogP contribution < -0.4 is 5.73 Å². The summed E-state index contributed by atoms with van der Waals surface area (Å²) in [6.45, 7) is 0. The lowest BCUT2D eigenvalue weighted by Gasteiger charge is -2.01. The zero-order valence-electron chi connectivity index (χ0n) is 8.33. The van der Waals surface area contributed by atoms with E-state index in [1.54, 1.807) is 6.07 Å². The van der Waals surface area contributed by atoms with Crippen molar-refractivity contribution in [3.8, 4) is 11.1 Å². The molecule has 2 aromatic rings. The van der Waals surface area contributed by atoms with E-state index in [1.807, 2.05) is 30.3 Å². The second-order valence-corrected chi connectivity index (χ2v) is 4.70. The highest BCUT2D eigenvalue weighted by atomic mass is 79.9. The number of nitrogens with two attached hydrogens (primary N) is 1. The molecule has 0 unspecified atom stereocenters. The van der Waals surface area contributed by atoms with Gasteiger partial charge in [-0.1, -0.05) is 34.1 Å². The lowest BCUT2D eigenvalue weighted by molar-refractivity contribution is 0.104. The van der Waals surface area contributed by atoms with Gasteiger partial charge in [0.15, 0.2) is 5.78 Å². The third kappa shape index (κ3) is 1.15. The summed E-state index contributed by atoms with van der Waals surface area (Å²) in [5.41, 5.74) is 9.66. The molecular weight excluding hydrogens is 266 g/mol. The van der Waals surface area contributed by atoms with Crippen LogP contribution in [0, 0.1) is 0 Å². The van der Waals surface area contributed by atoms with E-state index in [4.69, 9.17) is 5.73 Å². The first kappa shape index (κ1) is 9.60. The number of fused-ring (bicyclic) bond motifs is 3. The van der Waals surface area contributed by atoms with E-state index in [2.05, 4.69) is 15.9 Å². The molecule has 0 fully saturated rings. The Kier molecular flexibility index (Phi) is 1.91. The van der Waals surface area contributed by atoms with E-state index in [0.29, 0.717) is 11.3 Å². The second-order valence-electron chi connectivity index (χ2n) is 3.79. The molecular formula is C13H8BrNO. The van der Waals surface area contributed by atoms with Crippen LogP contribution in [0.15, 0.2) is 40.9 Å². The van der Waals surface area contributed by atoms with E-state index in [1.165, 1.54) is 0 Å².